The first-order valence-corrected chi connectivity index (χ1v) is 12.2. The Morgan fingerprint density at radius 3 is 2.42 bits per heavy atom. The molecule has 8 nitrogen and oxygen atoms in total. The molecule has 0 atom stereocenters. The van der Waals surface area contributed by atoms with Gasteiger partial charge in [0.1, 0.15) is 17.3 Å². The predicted molar refractivity (Wildman–Crippen MR) is 141 cm³/mol. The van der Waals surface area contributed by atoms with Crippen LogP contribution in [-0.2, 0) is 4.79 Å². The molecule has 0 radical (unpaired) electrons. The number of aromatic nitrogens is 3. The average Bonchev–Trinajstić information content (AvgIpc) is 3.32. The van der Waals surface area contributed by atoms with Gasteiger partial charge in [-0.15, -0.1) is 0 Å². The van der Waals surface area contributed by atoms with E-state index in [0.29, 0.717) is 17.2 Å². The van der Waals surface area contributed by atoms with E-state index < -0.39 is 0 Å². The van der Waals surface area contributed by atoms with E-state index in [1.807, 2.05) is 29.6 Å². The second-order valence-corrected chi connectivity index (χ2v) is 9.24. The van der Waals surface area contributed by atoms with Crippen molar-refractivity contribution in [2.24, 2.45) is 5.92 Å². The van der Waals surface area contributed by atoms with Crippen molar-refractivity contribution >= 4 is 23.1 Å². The number of methoxy groups -OCH3 is 2. The van der Waals surface area contributed by atoms with Crippen LogP contribution in [0.25, 0.3) is 16.9 Å². The first kappa shape index (κ1) is 23.7. The summed E-state index contributed by atoms with van der Waals surface area (Å²) in [7, 11) is 3.19. The highest BCUT2D eigenvalue weighted by molar-refractivity contribution is 5.94. The Bertz CT molecular complexity index is 1390. The van der Waals surface area contributed by atoms with Crippen molar-refractivity contribution in [3.63, 3.8) is 0 Å². The minimum absolute atomic E-state index is 0.00918. The van der Waals surface area contributed by atoms with Crippen molar-refractivity contribution in [2.75, 3.05) is 37.5 Å². The predicted octanol–water partition coefficient (Wildman–Crippen LogP) is 4.89. The fourth-order valence-electron chi connectivity index (χ4n) is 4.68. The number of rotatable bonds is 6. The van der Waals surface area contributed by atoms with Crippen molar-refractivity contribution in [3.05, 3.63) is 65.9 Å². The number of carbonyl (C=O) groups is 1. The largest absolute Gasteiger partial charge is 0.497 e. The Balaban J connectivity index is 1.31. The van der Waals surface area contributed by atoms with Crippen LogP contribution in [0.4, 0.5) is 11.5 Å². The molecule has 0 unspecified atom stereocenters. The molecule has 0 spiro atoms. The van der Waals surface area contributed by atoms with E-state index in [1.54, 1.807) is 20.3 Å². The first-order valence-electron chi connectivity index (χ1n) is 12.2. The van der Waals surface area contributed by atoms with Gasteiger partial charge in [-0.3, -0.25) is 4.79 Å². The van der Waals surface area contributed by atoms with Gasteiger partial charge in [0.05, 0.1) is 25.6 Å². The second-order valence-electron chi connectivity index (χ2n) is 9.24. The number of nitrogens with one attached hydrogen (secondary N) is 1. The van der Waals surface area contributed by atoms with Gasteiger partial charge in [0, 0.05) is 48.5 Å². The molecule has 2 aromatic carbocycles. The molecule has 8 heteroatoms. The van der Waals surface area contributed by atoms with Crippen LogP contribution in [0.1, 0.15) is 24.1 Å². The molecule has 1 aliphatic heterocycles. The summed E-state index contributed by atoms with van der Waals surface area (Å²) in [5.74, 6) is 2.20. The fourth-order valence-corrected chi connectivity index (χ4v) is 4.68. The molecule has 1 N–H and O–H groups in total. The minimum Gasteiger partial charge on any atom is -0.497 e. The summed E-state index contributed by atoms with van der Waals surface area (Å²) in [6, 6.07) is 17.9. The normalized spacial score (nSPS) is 14.2. The third-order valence-electron chi connectivity index (χ3n) is 6.74. The summed E-state index contributed by atoms with van der Waals surface area (Å²) < 4.78 is 12.6. The molecule has 4 aromatic rings. The lowest BCUT2D eigenvalue weighted by molar-refractivity contribution is -0.120. The maximum absolute atomic E-state index is 13.0. The number of ether oxygens (including phenoxy) is 2. The van der Waals surface area contributed by atoms with Crippen LogP contribution in [0.15, 0.2) is 54.6 Å². The van der Waals surface area contributed by atoms with Crippen LogP contribution in [0.3, 0.4) is 0 Å². The van der Waals surface area contributed by atoms with Gasteiger partial charge in [-0.25, -0.2) is 4.98 Å². The molecule has 0 saturated carbocycles. The Morgan fingerprint density at radius 1 is 0.972 bits per heavy atom. The summed E-state index contributed by atoms with van der Waals surface area (Å²) in [5.41, 5.74) is 5.61. The number of anilines is 2. The third-order valence-corrected chi connectivity index (χ3v) is 6.74. The number of hydrogen-bond acceptors (Lipinski definition) is 6. The van der Waals surface area contributed by atoms with Gasteiger partial charge in [0.15, 0.2) is 5.65 Å². The van der Waals surface area contributed by atoms with Gasteiger partial charge in [0.25, 0.3) is 0 Å². The number of benzene rings is 2. The summed E-state index contributed by atoms with van der Waals surface area (Å²) in [4.78, 5) is 20.0. The van der Waals surface area contributed by atoms with E-state index >= 15 is 0 Å². The number of carbonyl (C=O) groups excluding carboxylic acids is 1. The molecule has 5 rings (SSSR count). The monoisotopic (exact) mass is 485 g/mol. The molecule has 3 heterocycles. The highest BCUT2D eigenvalue weighted by atomic mass is 16.5. The molecule has 0 bridgehead atoms. The zero-order chi connectivity index (χ0) is 25.2. The molecule has 36 heavy (non-hydrogen) atoms. The zero-order valence-electron chi connectivity index (χ0n) is 21.1. The molecular weight excluding hydrogens is 454 g/mol. The Hall–Kier alpha value is -4.07. The third kappa shape index (κ3) is 4.71. The highest BCUT2D eigenvalue weighted by Crippen LogP contribution is 2.31. The average molecular weight is 486 g/mol. The van der Waals surface area contributed by atoms with Gasteiger partial charge in [-0.05, 0) is 38.8 Å². The van der Waals surface area contributed by atoms with Gasteiger partial charge < -0.3 is 19.7 Å². The fraction of sp³-hybridized carbons (Fsp3) is 0.321. The van der Waals surface area contributed by atoms with Gasteiger partial charge >= 0.3 is 0 Å². The van der Waals surface area contributed by atoms with Crippen LogP contribution >= 0.6 is 0 Å². The van der Waals surface area contributed by atoms with Crippen molar-refractivity contribution in [3.8, 4) is 22.8 Å². The lowest BCUT2D eigenvalue weighted by Crippen LogP contribution is -2.39. The van der Waals surface area contributed by atoms with E-state index in [0.717, 1.165) is 54.3 Å². The summed E-state index contributed by atoms with van der Waals surface area (Å²) >= 11 is 0. The molecule has 0 aliphatic carbocycles. The maximum Gasteiger partial charge on any atom is 0.227 e. The summed E-state index contributed by atoms with van der Waals surface area (Å²) in [6.45, 7) is 5.60. The van der Waals surface area contributed by atoms with Crippen LogP contribution in [0.5, 0.6) is 11.5 Å². The summed E-state index contributed by atoms with van der Waals surface area (Å²) in [6.07, 6.45) is 1.50. The molecular formula is C28H31N5O3. The van der Waals surface area contributed by atoms with Crippen LogP contribution < -0.4 is 19.7 Å². The zero-order valence-corrected chi connectivity index (χ0v) is 21.1. The Kier molecular flexibility index (Phi) is 6.50. The quantitative estimate of drug-likeness (QED) is 0.419. The van der Waals surface area contributed by atoms with E-state index in [2.05, 4.69) is 47.5 Å². The topological polar surface area (TPSA) is 81.0 Å². The van der Waals surface area contributed by atoms with Crippen molar-refractivity contribution < 1.29 is 14.3 Å². The minimum atomic E-state index is -0.0766. The van der Waals surface area contributed by atoms with E-state index in [4.69, 9.17) is 19.6 Å². The molecule has 1 aliphatic rings. The first-order chi connectivity index (χ1) is 17.4. The van der Waals surface area contributed by atoms with Crippen molar-refractivity contribution in [1.82, 2.24) is 14.6 Å². The number of aryl methyl sites for hydroxylation is 2. The lowest BCUT2D eigenvalue weighted by Gasteiger charge is -2.33. The smallest absolute Gasteiger partial charge is 0.227 e. The maximum atomic E-state index is 13.0. The van der Waals surface area contributed by atoms with Crippen LogP contribution in [0, 0.1) is 19.8 Å². The van der Waals surface area contributed by atoms with E-state index in [9.17, 15) is 4.79 Å². The van der Waals surface area contributed by atoms with Crippen molar-refractivity contribution in [2.45, 2.75) is 26.7 Å². The number of hydrogen-bond donors (Lipinski definition) is 1. The number of piperidine rings is 1. The molecule has 1 saturated heterocycles. The number of nitrogens with zero attached hydrogens (tertiary/aromatic N) is 4. The Morgan fingerprint density at radius 2 is 1.72 bits per heavy atom. The standard InChI is InChI=1S/C28H31N5O3/c1-18-5-7-20(8-6-18)24-17-26-29-19(2)15-27(33(26)31-24)32-13-11-21(12-14-32)28(34)30-23-10-9-22(35-3)16-25(23)36-4/h5-10,15-17,21H,11-14H2,1-4H3,(H,30,34). The summed E-state index contributed by atoms with van der Waals surface area (Å²) in [5, 5.41) is 7.92. The van der Waals surface area contributed by atoms with Crippen LogP contribution in [-0.4, -0.2) is 47.8 Å². The van der Waals surface area contributed by atoms with Gasteiger partial charge in [-0.2, -0.15) is 9.61 Å². The van der Waals surface area contributed by atoms with Crippen molar-refractivity contribution in [1.29, 1.82) is 0 Å². The van der Waals surface area contributed by atoms with Gasteiger partial charge in [-0.1, -0.05) is 29.8 Å². The number of fused-ring (bicyclic) bond motifs is 1. The Labute approximate surface area is 210 Å². The van der Waals surface area contributed by atoms with Crippen LogP contribution in [0.2, 0.25) is 0 Å². The molecule has 186 valence electrons. The van der Waals surface area contributed by atoms with E-state index in [1.165, 1.54) is 5.56 Å². The van der Waals surface area contributed by atoms with E-state index in [-0.39, 0.29) is 11.8 Å². The SMILES string of the molecule is COc1ccc(NC(=O)C2CCN(c3cc(C)nc4cc(-c5ccc(C)cc5)nn34)CC2)c(OC)c1. The molecule has 1 amide bonds. The second kappa shape index (κ2) is 9.89. The molecule has 1 fully saturated rings. The molecule has 2 aromatic heterocycles. The number of amides is 1. The highest BCUT2D eigenvalue weighted by Gasteiger charge is 2.27. The lowest BCUT2D eigenvalue weighted by atomic mass is 9.95. The van der Waals surface area contributed by atoms with Gasteiger partial charge in [0.2, 0.25) is 5.91 Å².